The van der Waals surface area contributed by atoms with Crippen LogP contribution >= 0.6 is 11.3 Å². The van der Waals surface area contributed by atoms with Crippen molar-refractivity contribution >= 4 is 22.3 Å². The topological polar surface area (TPSA) is 70.8 Å². The van der Waals surface area contributed by atoms with Gasteiger partial charge in [0.2, 0.25) is 0 Å². The predicted octanol–water partition coefficient (Wildman–Crippen LogP) is 1.63. The number of aryl methyl sites for hydroxylation is 1. The van der Waals surface area contributed by atoms with Gasteiger partial charge in [0.05, 0.1) is 11.1 Å². The summed E-state index contributed by atoms with van der Waals surface area (Å²) in [6, 6.07) is 4.31. The Morgan fingerprint density at radius 1 is 1.32 bits per heavy atom. The highest BCUT2D eigenvalue weighted by atomic mass is 32.1. The van der Waals surface area contributed by atoms with Crippen molar-refractivity contribution in [2.45, 2.75) is 32.4 Å². The lowest BCUT2D eigenvalue weighted by Crippen LogP contribution is -2.53. The summed E-state index contributed by atoms with van der Waals surface area (Å²) in [4.78, 5) is 9.68. The molecule has 0 bridgehead atoms. The van der Waals surface area contributed by atoms with E-state index in [9.17, 15) is 0 Å². The minimum atomic E-state index is 0.287. The third kappa shape index (κ3) is 4.47. The molecule has 2 aliphatic heterocycles. The van der Waals surface area contributed by atoms with Gasteiger partial charge >= 0.3 is 0 Å². The summed E-state index contributed by atoms with van der Waals surface area (Å²) in [5, 5.41) is 15.4. The molecule has 2 saturated heterocycles. The van der Waals surface area contributed by atoms with Crippen molar-refractivity contribution < 1.29 is 4.74 Å². The Bertz CT molecular complexity index is 774. The average molecular weight is 404 g/mol. The number of nitrogens with zero attached hydrogens (tertiary/aromatic N) is 6. The Morgan fingerprint density at radius 3 is 2.82 bits per heavy atom. The quantitative estimate of drug-likeness (QED) is 0.604. The van der Waals surface area contributed by atoms with Crippen LogP contribution in [0.25, 0.3) is 0 Å². The Labute approximate surface area is 170 Å². The van der Waals surface area contributed by atoms with Gasteiger partial charge in [-0.3, -0.25) is 0 Å². The highest BCUT2D eigenvalue weighted by molar-refractivity contribution is 7.14. The molecule has 0 aromatic carbocycles. The fraction of sp³-hybridized carbons (Fsp3) is 0.632. The predicted molar refractivity (Wildman–Crippen MR) is 112 cm³/mol. The first-order valence-electron chi connectivity index (χ1n) is 9.99. The van der Waals surface area contributed by atoms with E-state index < -0.39 is 0 Å². The number of hydrogen-bond acceptors (Lipinski definition) is 6. The zero-order valence-electron chi connectivity index (χ0n) is 16.7. The molecule has 2 aromatic heterocycles. The van der Waals surface area contributed by atoms with E-state index in [1.165, 1.54) is 5.00 Å². The summed E-state index contributed by atoms with van der Waals surface area (Å²) in [7, 11) is 1.99. The van der Waals surface area contributed by atoms with Crippen LogP contribution in [0.2, 0.25) is 0 Å². The summed E-state index contributed by atoms with van der Waals surface area (Å²) in [5.74, 6) is 2.73. The lowest BCUT2D eigenvalue weighted by atomic mass is 10.2. The van der Waals surface area contributed by atoms with Crippen molar-refractivity contribution in [3.8, 4) is 0 Å². The molecular formula is C19H29N7OS. The Kier molecular flexibility index (Phi) is 6.11. The summed E-state index contributed by atoms with van der Waals surface area (Å²) in [6.45, 7) is 8.07. The second kappa shape index (κ2) is 8.91. The van der Waals surface area contributed by atoms with E-state index in [0.717, 1.165) is 69.8 Å². The molecule has 0 radical (unpaired) electrons. The molecule has 2 aromatic rings. The van der Waals surface area contributed by atoms with Crippen LogP contribution in [0.5, 0.6) is 0 Å². The van der Waals surface area contributed by atoms with Crippen LogP contribution in [-0.4, -0.2) is 71.1 Å². The smallest absolute Gasteiger partial charge is 0.194 e. The minimum absolute atomic E-state index is 0.287. The van der Waals surface area contributed by atoms with Crippen LogP contribution in [0.15, 0.2) is 22.5 Å². The number of guanidine groups is 1. The average Bonchev–Trinajstić information content (AvgIpc) is 3.48. The molecule has 0 amide bonds. The monoisotopic (exact) mass is 403 g/mol. The van der Waals surface area contributed by atoms with Gasteiger partial charge in [-0.05, 0) is 37.3 Å². The van der Waals surface area contributed by atoms with Gasteiger partial charge in [-0.25, -0.2) is 4.99 Å². The van der Waals surface area contributed by atoms with Crippen molar-refractivity contribution in [2.75, 3.05) is 44.2 Å². The van der Waals surface area contributed by atoms with E-state index >= 15 is 0 Å². The Hall–Kier alpha value is -2.13. The lowest BCUT2D eigenvalue weighted by molar-refractivity contribution is 0.113. The summed E-state index contributed by atoms with van der Waals surface area (Å²) in [6.07, 6.45) is 2.56. The molecule has 4 heterocycles. The normalized spacial score (nSPS) is 20.8. The van der Waals surface area contributed by atoms with Crippen LogP contribution < -0.4 is 10.2 Å². The number of anilines is 1. The molecule has 0 spiro atoms. The van der Waals surface area contributed by atoms with E-state index in [1.54, 1.807) is 11.3 Å². The number of ether oxygens (including phenoxy) is 1. The highest BCUT2D eigenvalue weighted by Gasteiger charge is 2.22. The second-order valence-corrected chi connectivity index (χ2v) is 8.23. The van der Waals surface area contributed by atoms with E-state index in [1.807, 2.05) is 18.5 Å². The minimum Gasteiger partial charge on any atom is -0.376 e. The van der Waals surface area contributed by atoms with Crippen LogP contribution in [0, 0.1) is 6.92 Å². The molecule has 28 heavy (non-hydrogen) atoms. The fourth-order valence-electron chi connectivity index (χ4n) is 3.60. The SMILES string of the molecule is Cc1nnc(CN=C(NCC2CCCO2)N2CCN(c3cccs3)CC2)n1C. The van der Waals surface area contributed by atoms with Crippen LogP contribution in [0.3, 0.4) is 0 Å². The maximum Gasteiger partial charge on any atom is 0.194 e. The molecule has 2 fully saturated rings. The molecule has 9 heteroatoms. The van der Waals surface area contributed by atoms with Gasteiger partial charge in [0.25, 0.3) is 0 Å². The lowest BCUT2D eigenvalue weighted by Gasteiger charge is -2.37. The Morgan fingerprint density at radius 2 is 2.18 bits per heavy atom. The molecule has 2 aliphatic rings. The van der Waals surface area contributed by atoms with Gasteiger partial charge in [-0.1, -0.05) is 0 Å². The molecular weight excluding hydrogens is 374 g/mol. The van der Waals surface area contributed by atoms with Crippen molar-refractivity contribution in [1.82, 2.24) is 25.0 Å². The number of aliphatic imine (C=N–C) groups is 1. The van der Waals surface area contributed by atoms with Gasteiger partial charge in [0, 0.05) is 46.4 Å². The van der Waals surface area contributed by atoms with Gasteiger partial charge < -0.3 is 24.4 Å². The maximum atomic E-state index is 5.77. The zero-order valence-corrected chi connectivity index (χ0v) is 17.5. The van der Waals surface area contributed by atoms with Gasteiger partial charge in [-0.2, -0.15) is 0 Å². The highest BCUT2D eigenvalue weighted by Crippen LogP contribution is 2.22. The third-order valence-corrected chi connectivity index (χ3v) is 6.39. The molecule has 1 atom stereocenters. The van der Waals surface area contributed by atoms with Crippen molar-refractivity contribution in [1.29, 1.82) is 0 Å². The van der Waals surface area contributed by atoms with Gasteiger partial charge in [0.15, 0.2) is 11.8 Å². The number of thiophene rings is 1. The first kappa shape index (κ1) is 19.2. The molecule has 0 saturated carbocycles. The van der Waals surface area contributed by atoms with Crippen LogP contribution in [-0.2, 0) is 18.3 Å². The van der Waals surface area contributed by atoms with E-state index in [4.69, 9.17) is 9.73 Å². The molecule has 152 valence electrons. The Balaban J connectivity index is 1.41. The second-order valence-electron chi connectivity index (χ2n) is 7.30. The van der Waals surface area contributed by atoms with Crippen molar-refractivity contribution in [3.63, 3.8) is 0 Å². The largest absolute Gasteiger partial charge is 0.376 e. The number of rotatable bonds is 5. The first-order chi connectivity index (χ1) is 13.7. The van der Waals surface area contributed by atoms with Crippen LogP contribution in [0.4, 0.5) is 5.00 Å². The number of piperazine rings is 1. The zero-order chi connectivity index (χ0) is 19.3. The number of hydrogen-bond donors (Lipinski definition) is 1. The van der Waals surface area contributed by atoms with Gasteiger partial charge in [0.1, 0.15) is 12.4 Å². The van der Waals surface area contributed by atoms with Gasteiger partial charge in [-0.15, -0.1) is 21.5 Å². The summed E-state index contributed by atoms with van der Waals surface area (Å²) in [5.41, 5.74) is 0. The van der Waals surface area contributed by atoms with Crippen molar-refractivity contribution in [2.24, 2.45) is 12.0 Å². The van der Waals surface area contributed by atoms with E-state index in [2.05, 4.69) is 42.8 Å². The maximum absolute atomic E-state index is 5.77. The fourth-order valence-corrected chi connectivity index (χ4v) is 4.39. The van der Waals surface area contributed by atoms with E-state index in [-0.39, 0.29) is 6.10 Å². The standard InChI is InChI=1S/C19H29N7OS/c1-15-22-23-17(24(15)2)14-21-19(20-13-16-5-3-11-27-16)26-9-7-25(8-10-26)18-6-4-12-28-18/h4,6,12,16H,3,5,7-11,13-14H2,1-2H3,(H,20,21). The molecule has 0 aliphatic carbocycles. The van der Waals surface area contributed by atoms with Crippen molar-refractivity contribution in [3.05, 3.63) is 29.2 Å². The summed E-state index contributed by atoms with van der Waals surface area (Å²) >= 11 is 1.80. The summed E-state index contributed by atoms with van der Waals surface area (Å²) < 4.78 is 7.77. The molecule has 8 nitrogen and oxygen atoms in total. The van der Waals surface area contributed by atoms with E-state index in [0.29, 0.717) is 6.54 Å². The number of aromatic nitrogens is 3. The first-order valence-corrected chi connectivity index (χ1v) is 10.9. The number of nitrogens with one attached hydrogen (secondary N) is 1. The molecule has 1 unspecified atom stereocenters. The molecule has 1 N–H and O–H groups in total. The third-order valence-electron chi connectivity index (χ3n) is 5.46. The van der Waals surface area contributed by atoms with Crippen LogP contribution in [0.1, 0.15) is 24.5 Å². The molecule has 4 rings (SSSR count).